The van der Waals surface area contributed by atoms with Crippen molar-refractivity contribution in [1.29, 1.82) is 0 Å². The van der Waals surface area contributed by atoms with Crippen LogP contribution in [0.2, 0.25) is 0 Å². The maximum absolute atomic E-state index is 5.70. The summed E-state index contributed by atoms with van der Waals surface area (Å²) in [6.07, 6.45) is 3.42. The summed E-state index contributed by atoms with van der Waals surface area (Å²) >= 11 is 1.79. The number of H-pyrrole nitrogens is 1. The molecule has 0 bridgehead atoms. The Balaban J connectivity index is 1.16. The van der Waals surface area contributed by atoms with E-state index >= 15 is 0 Å². The first kappa shape index (κ1) is 17.0. The Labute approximate surface area is 156 Å². The average molecular weight is 366 g/mol. The molecule has 0 aliphatic heterocycles. The predicted octanol–water partition coefficient (Wildman–Crippen LogP) is 5.39. The van der Waals surface area contributed by atoms with Crippen molar-refractivity contribution in [2.24, 2.45) is 0 Å². The van der Waals surface area contributed by atoms with Crippen molar-refractivity contribution >= 4 is 39.9 Å². The molecule has 0 aliphatic carbocycles. The van der Waals surface area contributed by atoms with Crippen molar-refractivity contribution in [2.45, 2.75) is 31.3 Å². The smallest absolute Gasteiger partial charge is 0.295 e. The van der Waals surface area contributed by atoms with Crippen LogP contribution in [0, 0.1) is 6.92 Å². The SMILES string of the molecule is Cc1ccc2oc(NCCCCCSc3nc4ccccc4[nH]3)nc2c1. The molecular weight excluding hydrogens is 344 g/mol. The maximum atomic E-state index is 5.70. The normalized spacial score (nSPS) is 11.4. The summed E-state index contributed by atoms with van der Waals surface area (Å²) in [6, 6.07) is 14.8. The molecule has 0 saturated heterocycles. The Kier molecular flexibility index (Phi) is 5.11. The third-order valence-corrected chi connectivity index (χ3v) is 5.21. The van der Waals surface area contributed by atoms with Crippen LogP contribution in [0.15, 0.2) is 52.0 Å². The monoisotopic (exact) mass is 366 g/mol. The van der Waals surface area contributed by atoms with Crippen molar-refractivity contribution < 1.29 is 4.42 Å². The highest BCUT2D eigenvalue weighted by Crippen LogP contribution is 2.21. The molecule has 0 aliphatic rings. The van der Waals surface area contributed by atoms with E-state index in [-0.39, 0.29) is 0 Å². The number of unbranched alkanes of at least 4 members (excludes halogenated alkanes) is 2. The lowest BCUT2D eigenvalue weighted by Gasteiger charge is -2.01. The third-order valence-electron chi connectivity index (χ3n) is 4.25. The number of nitrogens with one attached hydrogen (secondary N) is 2. The molecule has 6 heteroatoms. The number of fused-ring (bicyclic) bond motifs is 2. The van der Waals surface area contributed by atoms with E-state index in [0.29, 0.717) is 6.01 Å². The summed E-state index contributed by atoms with van der Waals surface area (Å²) in [4.78, 5) is 12.4. The minimum Gasteiger partial charge on any atom is -0.424 e. The first-order valence-corrected chi connectivity index (χ1v) is 9.95. The number of aromatic nitrogens is 3. The standard InChI is InChI=1S/C20H22N4OS/c1-14-9-10-18-17(13-14)22-19(25-18)21-11-5-2-6-12-26-20-23-15-7-3-4-8-16(15)24-20/h3-4,7-10,13H,2,5-6,11-12H2,1H3,(H,21,22)(H,23,24). The second kappa shape index (κ2) is 7.83. The molecule has 0 atom stereocenters. The van der Waals surface area contributed by atoms with Gasteiger partial charge in [0.05, 0.1) is 11.0 Å². The number of thioether (sulfide) groups is 1. The molecule has 0 saturated carbocycles. The molecule has 2 N–H and O–H groups in total. The molecule has 4 aromatic rings. The van der Waals surface area contributed by atoms with Crippen LogP contribution in [0.5, 0.6) is 0 Å². The molecule has 2 aromatic heterocycles. The van der Waals surface area contributed by atoms with Crippen LogP contribution in [-0.4, -0.2) is 27.2 Å². The zero-order valence-electron chi connectivity index (χ0n) is 14.8. The summed E-state index contributed by atoms with van der Waals surface area (Å²) in [7, 11) is 0. The Morgan fingerprint density at radius 3 is 2.88 bits per heavy atom. The van der Waals surface area contributed by atoms with E-state index in [1.165, 1.54) is 12.0 Å². The summed E-state index contributed by atoms with van der Waals surface area (Å²) in [5, 5.41) is 4.28. The van der Waals surface area contributed by atoms with E-state index in [1.807, 2.05) is 36.4 Å². The van der Waals surface area contributed by atoms with Gasteiger partial charge in [-0.05, 0) is 49.6 Å². The predicted molar refractivity (Wildman–Crippen MR) is 108 cm³/mol. The fraction of sp³-hybridized carbons (Fsp3) is 0.300. The van der Waals surface area contributed by atoms with Gasteiger partial charge in [-0.25, -0.2) is 4.98 Å². The molecular formula is C20H22N4OS. The highest BCUT2D eigenvalue weighted by Gasteiger charge is 2.05. The number of aryl methyl sites for hydroxylation is 1. The average Bonchev–Trinajstić information content (AvgIpc) is 3.23. The number of hydrogen-bond donors (Lipinski definition) is 2. The molecule has 0 fully saturated rings. The van der Waals surface area contributed by atoms with E-state index in [0.717, 1.165) is 52.4 Å². The highest BCUT2D eigenvalue weighted by molar-refractivity contribution is 7.99. The number of para-hydroxylation sites is 2. The minimum atomic E-state index is 0.613. The second-order valence-electron chi connectivity index (χ2n) is 6.39. The van der Waals surface area contributed by atoms with Gasteiger partial charge in [-0.15, -0.1) is 0 Å². The van der Waals surface area contributed by atoms with Gasteiger partial charge in [0, 0.05) is 12.3 Å². The first-order valence-electron chi connectivity index (χ1n) is 8.96. The lowest BCUT2D eigenvalue weighted by atomic mass is 10.2. The summed E-state index contributed by atoms with van der Waals surface area (Å²) < 4.78 is 5.70. The van der Waals surface area contributed by atoms with Crippen molar-refractivity contribution in [3.8, 4) is 0 Å². The number of rotatable bonds is 8. The number of imidazole rings is 1. The van der Waals surface area contributed by atoms with Gasteiger partial charge in [0.1, 0.15) is 5.52 Å². The molecule has 134 valence electrons. The van der Waals surface area contributed by atoms with Crippen molar-refractivity contribution in [3.63, 3.8) is 0 Å². The van der Waals surface area contributed by atoms with E-state index < -0.39 is 0 Å². The van der Waals surface area contributed by atoms with Crippen LogP contribution in [0.3, 0.4) is 0 Å². The van der Waals surface area contributed by atoms with E-state index in [1.54, 1.807) is 11.8 Å². The molecule has 4 rings (SSSR count). The molecule has 2 heterocycles. The Bertz CT molecular complexity index is 974. The van der Waals surface area contributed by atoms with Crippen LogP contribution in [0.1, 0.15) is 24.8 Å². The van der Waals surface area contributed by atoms with Gasteiger partial charge in [0.2, 0.25) is 0 Å². The van der Waals surface area contributed by atoms with E-state index in [2.05, 4.69) is 33.3 Å². The molecule has 5 nitrogen and oxygen atoms in total. The fourth-order valence-corrected chi connectivity index (χ4v) is 3.77. The third kappa shape index (κ3) is 4.02. The second-order valence-corrected chi connectivity index (χ2v) is 7.47. The lowest BCUT2D eigenvalue weighted by molar-refractivity contribution is 0.609. The maximum Gasteiger partial charge on any atom is 0.295 e. The van der Waals surface area contributed by atoms with Gasteiger partial charge in [-0.1, -0.05) is 36.4 Å². The van der Waals surface area contributed by atoms with E-state index in [4.69, 9.17) is 4.42 Å². The van der Waals surface area contributed by atoms with Gasteiger partial charge in [0.25, 0.3) is 6.01 Å². The number of benzene rings is 2. The highest BCUT2D eigenvalue weighted by atomic mass is 32.2. The van der Waals surface area contributed by atoms with Gasteiger partial charge >= 0.3 is 0 Å². The summed E-state index contributed by atoms with van der Waals surface area (Å²) in [5.74, 6) is 1.07. The Morgan fingerprint density at radius 2 is 1.96 bits per heavy atom. The number of anilines is 1. The lowest BCUT2D eigenvalue weighted by Crippen LogP contribution is -2.01. The molecule has 0 radical (unpaired) electrons. The quantitative estimate of drug-likeness (QED) is 0.323. The van der Waals surface area contributed by atoms with Crippen LogP contribution >= 0.6 is 11.8 Å². The number of oxazole rings is 1. The largest absolute Gasteiger partial charge is 0.424 e. The number of nitrogens with zero attached hydrogens (tertiary/aromatic N) is 2. The van der Waals surface area contributed by atoms with Gasteiger partial charge in [-0.3, -0.25) is 0 Å². The van der Waals surface area contributed by atoms with Crippen LogP contribution < -0.4 is 5.32 Å². The number of hydrogen-bond acceptors (Lipinski definition) is 5. The molecule has 0 unspecified atom stereocenters. The van der Waals surface area contributed by atoms with Crippen molar-refractivity contribution in [2.75, 3.05) is 17.6 Å². The zero-order valence-corrected chi connectivity index (χ0v) is 15.6. The minimum absolute atomic E-state index is 0.613. The number of aromatic amines is 1. The van der Waals surface area contributed by atoms with Crippen LogP contribution in [0.25, 0.3) is 22.1 Å². The van der Waals surface area contributed by atoms with Crippen molar-refractivity contribution in [3.05, 3.63) is 48.0 Å². The molecule has 2 aromatic carbocycles. The Hall–Kier alpha value is -2.47. The van der Waals surface area contributed by atoms with Crippen molar-refractivity contribution in [1.82, 2.24) is 15.0 Å². The van der Waals surface area contributed by atoms with Gasteiger partial charge in [-0.2, -0.15) is 4.98 Å². The van der Waals surface area contributed by atoms with Gasteiger partial charge in [0.15, 0.2) is 10.7 Å². The molecule has 26 heavy (non-hydrogen) atoms. The van der Waals surface area contributed by atoms with Gasteiger partial charge < -0.3 is 14.7 Å². The summed E-state index contributed by atoms with van der Waals surface area (Å²) in [6.45, 7) is 2.94. The summed E-state index contributed by atoms with van der Waals surface area (Å²) in [5.41, 5.74) is 5.08. The van der Waals surface area contributed by atoms with E-state index in [9.17, 15) is 0 Å². The van der Waals surface area contributed by atoms with Crippen LogP contribution in [0.4, 0.5) is 6.01 Å². The zero-order chi connectivity index (χ0) is 17.8. The topological polar surface area (TPSA) is 66.7 Å². The molecule has 0 spiro atoms. The van der Waals surface area contributed by atoms with Crippen LogP contribution in [-0.2, 0) is 0 Å². The fourth-order valence-electron chi connectivity index (χ4n) is 2.88. The molecule has 0 amide bonds. The Morgan fingerprint density at radius 1 is 1.04 bits per heavy atom. The first-order chi connectivity index (χ1) is 12.8.